The van der Waals surface area contributed by atoms with Gasteiger partial charge in [-0.3, -0.25) is 9.52 Å². The maximum Gasteiger partial charge on any atom is 0.268 e. The second-order valence-corrected chi connectivity index (χ2v) is 9.40. The van der Waals surface area contributed by atoms with Crippen molar-refractivity contribution in [2.45, 2.75) is 30.8 Å². The number of sulfonamides is 1. The van der Waals surface area contributed by atoms with E-state index in [1.807, 2.05) is 24.3 Å². The second-order valence-electron chi connectivity index (χ2n) is 6.82. The monoisotopic (exact) mass is 443 g/mol. The normalized spacial score (nSPS) is 16.6. The van der Waals surface area contributed by atoms with Gasteiger partial charge in [-0.15, -0.1) is 11.3 Å². The number of benzene rings is 2. The molecule has 0 saturated carbocycles. The van der Waals surface area contributed by atoms with E-state index in [1.165, 1.54) is 35.2 Å². The van der Waals surface area contributed by atoms with Gasteiger partial charge in [-0.05, 0) is 48.4 Å². The van der Waals surface area contributed by atoms with Crippen LogP contribution in [0.25, 0.3) is 0 Å². The minimum Gasteiger partial charge on any atom is -0.481 e. The molecule has 0 spiro atoms. The molecule has 7 nitrogen and oxygen atoms in total. The molecule has 1 N–H and O–H groups in total. The minimum atomic E-state index is -3.72. The van der Waals surface area contributed by atoms with E-state index in [2.05, 4.69) is 16.6 Å². The number of nitrogens with zero attached hydrogens (tertiary/aromatic N) is 2. The van der Waals surface area contributed by atoms with Crippen LogP contribution in [0.3, 0.4) is 0 Å². The number of amides is 1. The highest BCUT2D eigenvalue weighted by Gasteiger charge is 2.34. The lowest BCUT2D eigenvalue weighted by Crippen LogP contribution is -2.32. The number of aromatic nitrogens is 1. The van der Waals surface area contributed by atoms with Crippen molar-refractivity contribution in [2.24, 2.45) is 0 Å². The first-order valence-corrected chi connectivity index (χ1v) is 11.9. The lowest BCUT2D eigenvalue weighted by molar-refractivity contribution is -0.122. The van der Waals surface area contributed by atoms with Crippen molar-refractivity contribution < 1.29 is 17.9 Å². The smallest absolute Gasteiger partial charge is 0.268 e. The Kier molecular flexibility index (Phi) is 5.74. The Morgan fingerprint density at radius 1 is 1.17 bits per heavy atom. The van der Waals surface area contributed by atoms with Gasteiger partial charge < -0.3 is 9.64 Å². The summed E-state index contributed by atoms with van der Waals surface area (Å²) in [6, 6.07) is 14.0. The molecule has 9 heteroatoms. The van der Waals surface area contributed by atoms with Crippen LogP contribution in [0.15, 0.2) is 65.0 Å². The molecule has 0 radical (unpaired) electrons. The van der Waals surface area contributed by atoms with Crippen molar-refractivity contribution in [2.75, 3.05) is 16.2 Å². The van der Waals surface area contributed by atoms with Crippen LogP contribution in [0.1, 0.15) is 18.9 Å². The fraction of sp³-hybridized carbons (Fsp3) is 0.238. The van der Waals surface area contributed by atoms with Crippen LogP contribution in [0, 0.1) is 0 Å². The second kappa shape index (κ2) is 8.45. The molecule has 2 aromatic carbocycles. The van der Waals surface area contributed by atoms with Gasteiger partial charge in [-0.25, -0.2) is 13.4 Å². The van der Waals surface area contributed by atoms with E-state index in [4.69, 9.17) is 4.74 Å². The molecule has 4 rings (SSSR count). The van der Waals surface area contributed by atoms with Crippen LogP contribution in [0.5, 0.6) is 5.75 Å². The van der Waals surface area contributed by atoms with Crippen LogP contribution in [0.2, 0.25) is 0 Å². The van der Waals surface area contributed by atoms with E-state index >= 15 is 0 Å². The standard InChI is InChI=1S/C21H21N3O4S2/c1-2-15-3-7-17(8-4-15)28-19-11-13-24(20(19)25)16-5-9-18(10-6-16)30(26,27)23-21-22-12-14-29-21/h3-10,12,14,19H,2,11,13H2,1H3,(H,22,23). The zero-order chi connectivity index (χ0) is 21.1. The Morgan fingerprint density at radius 3 is 2.53 bits per heavy atom. The quantitative estimate of drug-likeness (QED) is 0.602. The van der Waals surface area contributed by atoms with Crippen LogP contribution in [-0.2, 0) is 21.2 Å². The SMILES string of the molecule is CCc1ccc(OC2CCN(c3ccc(S(=O)(=O)Nc4nccs4)cc3)C2=O)cc1. The lowest BCUT2D eigenvalue weighted by atomic mass is 10.2. The van der Waals surface area contributed by atoms with Crippen molar-refractivity contribution in [1.82, 2.24) is 4.98 Å². The van der Waals surface area contributed by atoms with Gasteiger partial charge in [0.2, 0.25) is 0 Å². The highest BCUT2D eigenvalue weighted by Crippen LogP contribution is 2.27. The van der Waals surface area contributed by atoms with Gasteiger partial charge in [-0.2, -0.15) is 0 Å². The van der Waals surface area contributed by atoms with Gasteiger partial charge in [0.1, 0.15) is 5.75 Å². The van der Waals surface area contributed by atoms with Crippen molar-refractivity contribution in [1.29, 1.82) is 0 Å². The fourth-order valence-electron chi connectivity index (χ4n) is 3.24. The third kappa shape index (κ3) is 4.31. The molecule has 156 valence electrons. The highest BCUT2D eigenvalue weighted by atomic mass is 32.2. The maximum absolute atomic E-state index is 12.8. The molecule has 1 atom stereocenters. The van der Waals surface area contributed by atoms with Gasteiger partial charge in [0.05, 0.1) is 4.90 Å². The average Bonchev–Trinajstić information content (AvgIpc) is 3.38. The maximum atomic E-state index is 12.8. The third-order valence-electron chi connectivity index (χ3n) is 4.88. The topological polar surface area (TPSA) is 88.6 Å². The molecule has 3 aromatic rings. The number of hydrogen-bond donors (Lipinski definition) is 1. The summed E-state index contributed by atoms with van der Waals surface area (Å²) in [5.74, 6) is 0.535. The molecule has 30 heavy (non-hydrogen) atoms. The van der Waals surface area contributed by atoms with Crippen LogP contribution in [0.4, 0.5) is 10.8 Å². The number of thiazole rings is 1. The fourth-order valence-corrected chi connectivity index (χ4v) is 5.03. The number of anilines is 2. The van der Waals surface area contributed by atoms with E-state index < -0.39 is 16.1 Å². The van der Waals surface area contributed by atoms with Gasteiger partial charge in [-0.1, -0.05) is 19.1 Å². The number of ether oxygens (including phenoxy) is 1. The molecule has 1 fully saturated rings. The van der Waals surface area contributed by atoms with E-state index in [1.54, 1.807) is 22.4 Å². The zero-order valence-electron chi connectivity index (χ0n) is 16.3. The molecule has 2 heterocycles. The van der Waals surface area contributed by atoms with E-state index in [-0.39, 0.29) is 10.8 Å². The molecule has 1 aromatic heterocycles. The number of nitrogens with one attached hydrogen (secondary N) is 1. The van der Waals surface area contributed by atoms with Gasteiger partial charge in [0.25, 0.3) is 15.9 Å². The number of carbonyl (C=O) groups excluding carboxylic acids is 1. The van der Waals surface area contributed by atoms with Crippen molar-refractivity contribution >= 4 is 38.1 Å². The van der Waals surface area contributed by atoms with Crippen molar-refractivity contribution in [3.63, 3.8) is 0 Å². The lowest BCUT2D eigenvalue weighted by Gasteiger charge is -2.18. The summed E-state index contributed by atoms with van der Waals surface area (Å²) >= 11 is 1.20. The van der Waals surface area contributed by atoms with Gasteiger partial charge in [0.15, 0.2) is 11.2 Å². The van der Waals surface area contributed by atoms with Crippen LogP contribution in [-0.4, -0.2) is 32.0 Å². The third-order valence-corrected chi connectivity index (χ3v) is 7.05. The first-order chi connectivity index (χ1) is 14.5. The number of carbonyl (C=O) groups is 1. The molecule has 0 aliphatic carbocycles. The summed E-state index contributed by atoms with van der Waals surface area (Å²) in [6.45, 7) is 2.60. The number of rotatable bonds is 7. The molecular weight excluding hydrogens is 422 g/mol. The zero-order valence-corrected chi connectivity index (χ0v) is 17.9. The van der Waals surface area contributed by atoms with Gasteiger partial charge in [0, 0.05) is 30.2 Å². The first kappa shape index (κ1) is 20.4. The number of aryl methyl sites for hydroxylation is 1. The van der Waals surface area contributed by atoms with E-state index in [0.717, 1.165) is 6.42 Å². The Morgan fingerprint density at radius 2 is 1.90 bits per heavy atom. The van der Waals surface area contributed by atoms with Crippen LogP contribution >= 0.6 is 11.3 Å². The Labute approximate surface area is 179 Å². The predicted octanol–water partition coefficient (Wildman–Crippen LogP) is 3.69. The summed E-state index contributed by atoms with van der Waals surface area (Å²) in [5.41, 5.74) is 1.85. The molecule has 0 bridgehead atoms. The summed E-state index contributed by atoms with van der Waals surface area (Å²) in [7, 11) is -3.72. The van der Waals surface area contributed by atoms with Crippen molar-refractivity contribution in [3.8, 4) is 5.75 Å². The molecular formula is C21H21N3O4S2. The highest BCUT2D eigenvalue weighted by molar-refractivity contribution is 7.93. The minimum absolute atomic E-state index is 0.108. The summed E-state index contributed by atoms with van der Waals surface area (Å²) in [4.78, 5) is 18.5. The predicted molar refractivity (Wildman–Crippen MR) is 117 cm³/mol. The number of hydrogen-bond acceptors (Lipinski definition) is 6. The summed E-state index contributed by atoms with van der Waals surface area (Å²) in [5, 5.41) is 2.00. The average molecular weight is 444 g/mol. The molecule has 1 amide bonds. The molecule has 1 saturated heterocycles. The molecule has 1 unspecified atom stereocenters. The molecule has 1 aliphatic heterocycles. The molecule has 1 aliphatic rings. The van der Waals surface area contributed by atoms with Crippen molar-refractivity contribution in [3.05, 3.63) is 65.7 Å². The largest absolute Gasteiger partial charge is 0.481 e. The first-order valence-electron chi connectivity index (χ1n) is 9.55. The Balaban J connectivity index is 1.43. The van der Waals surface area contributed by atoms with Gasteiger partial charge >= 0.3 is 0 Å². The summed E-state index contributed by atoms with van der Waals surface area (Å²) < 4.78 is 33.2. The van der Waals surface area contributed by atoms with E-state index in [0.29, 0.717) is 29.5 Å². The Hall–Kier alpha value is -2.91. The summed E-state index contributed by atoms with van der Waals surface area (Å²) in [6.07, 6.45) is 2.50. The van der Waals surface area contributed by atoms with E-state index in [9.17, 15) is 13.2 Å². The van der Waals surface area contributed by atoms with Crippen LogP contribution < -0.4 is 14.4 Å². The Bertz CT molecular complexity index is 1110.